The van der Waals surface area contributed by atoms with Crippen molar-refractivity contribution in [2.75, 3.05) is 19.7 Å². The number of carboxylic acids is 1. The molecule has 1 atom stereocenters. The highest BCUT2D eigenvalue weighted by Crippen LogP contribution is 2.46. The molecule has 1 spiro atoms. The lowest BCUT2D eigenvalue weighted by Crippen LogP contribution is -2.63. The van der Waals surface area contributed by atoms with Gasteiger partial charge in [0.05, 0.1) is 17.9 Å². The van der Waals surface area contributed by atoms with Crippen molar-refractivity contribution in [1.82, 2.24) is 4.90 Å². The average Bonchev–Trinajstić information content (AvgIpc) is 2.35. The fourth-order valence-electron chi connectivity index (χ4n) is 3.06. The van der Waals surface area contributed by atoms with Crippen LogP contribution in [0.1, 0.15) is 32.6 Å². The number of aliphatic carboxylic acids is 1. The molecule has 0 bridgehead atoms. The normalized spacial score (nSPS) is 33.3. The Morgan fingerprint density at radius 3 is 2.56 bits per heavy atom. The van der Waals surface area contributed by atoms with Gasteiger partial charge in [-0.25, -0.2) is 0 Å². The second-order valence-electron chi connectivity index (χ2n) is 5.87. The molecule has 1 amide bonds. The summed E-state index contributed by atoms with van der Waals surface area (Å²) in [5.74, 6) is -1.10. The Kier molecular flexibility index (Phi) is 3.61. The van der Waals surface area contributed by atoms with E-state index in [2.05, 4.69) is 6.92 Å². The Hall–Kier alpha value is -1.10. The fourth-order valence-corrected chi connectivity index (χ4v) is 3.06. The maximum atomic E-state index is 12.2. The van der Waals surface area contributed by atoms with Gasteiger partial charge in [0.1, 0.15) is 0 Å². The molecule has 0 aromatic carbocycles. The number of aliphatic hydroxyl groups excluding tert-OH is 1. The van der Waals surface area contributed by atoms with Gasteiger partial charge in [0.2, 0.25) is 5.91 Å². The van der Waals surface area contributed by atoms with Crippen molar-refractivity contribution in [2.24, 2.45) is 17.3 Å². The van der Waals surface area contributed by atoms with Gasteiger partial charge in [-0.2, -0.15) is 0 Å². The van der Waals surface area contributed by atoms with Gasteiger partial charge in [0.15, 0.2) is 0 Å². The van der Waals surface area contributed by atoms with Crippen molar-refractivity contribution < 1.29 is 19.8 Å². The molecule has 1 heterocycles. The van der Waals surface area contributed by atoms with Crippen LogP contribution in [0.4, 0.5) is 0 Å². The van der Waals surface area contributed by atoms with E-state index in [0.717, 1.165) is 25.7 Å². The van der Waals surface area contributed by atoms with Gasteiger partial charge >= 0.3 is 5.97 Å². The molecule has 1 aliphatic carbocycles. The molecule has 1 unspecified atom stereocenters. The number of nitrogens with zero attached hydrogens (tertiary/aromatic N) is 1. The molecule has 2 aliphatic rings. The smallest absolute Gasteiger partial charge is 0.310 e. The Labute approximate surface area is 107 Å². The van der Waals surface area contributed by atoms with Gasteiger partial charge in [-0.05, 0) is 31.6 Å². The molecule has 2 fully saturated rings. The summed E-state index contributed by atoms with van der Waals surface area (Å²) in [4.78, 5) is 24.6. The molecule has 0 aromatic heterocycles. The van der Waals surface area contributed by atoms with E-state index in [1.54, 1.807) is 4.90 Å². The molecule has 2 rings (SSSR count). The third-order valence-electron chi connectivity index (χ3n) is 4.48. The number of carboxylic acid groups (broad SMARTS) is 1. The summed E-state index contributed by atoms with van der Waals surface area (Å²) < 4.78 is 0. The Morgan fingerprint density at radius 1 is 1.50 bits per heavy atom. The first-order valence-corrected chi connectivity index (χ1v) is 6.61. The highest BCUT2D eigenvalue weighted by molar-refractivity contribution is 5.89. The van der Waals surface area contributed by atoms with Crippen LogP contribution in [0.3, 0.4) is 0 Å². The predicted octanol–water partition coefficient (Wildman–Crippen LogP) is 0.718. The summed E-state index contributed by atoms with van der Waals surface area (Å²) in [5, 5.41) is 17.8. The first-order valence-electron chi connectivity index (χ1n) is 6.61. The van der Waals surface area contributed by atoms with Gasteiger partial charge < -0.3 is 15.1 Å². The topological polar surface area (TPSA) is 77.8 Å². The second kappa shape index (κ2) is 4.88. The quantitative estimate of drug-likeness (QED) is 0.726. The maximum Gasteiger partial charge on any atom is 0.310 e. The van der Waals surface area contributed by atoms with Crippen LogP contribution < -0.4 is 0 Å². The second-order valence-corrected chi connectivity index (χ2v) is 5.87. The van der Waals surface area contributed by atoms with Crippen LogP contribution in [0.2, 0.25) is 0 Å². The van der Waals surface area contributed by atoms with Crippen molar-refractivity contribution in [1.29, 1.82) is 0 Å². The number of rotatable bonds is 4. The first kappa shape index (κ1) is 13.3. The largest absolute Gasteiger partial charge is 0.481 e. The van der Waals surface area contributed by atoms with Crippen LogP contribution in [0.25, 0.3) is 0 Å². The zero-order chi connectivity index (χ0) is 13.3. The van der Waals surface area contributed by atoms with Gasteiger partial charge in [0, 0.05) is 13.1 Å². The number of aliphatic hydroxyl groups is 1. The first-order chi connectivity index (χ1) is 8.48. The summed E-state index contributed by atoms with van der Waals surface area (Å²) in [6.45, 7) is 2.60. The Balaban J connectivity index is 1.90. The van der Waals surface area contributed by atoms with E-state index in [-0.39, 0.29) is 17.9 Å². The number of likely N-dealkylation sites (tertiary alicyclic amines) is 1. The third-order valence-corrected chi connectivity index (χ3v) is 4.48. The van der Waals surface area contributed by atoms with E-state index in [0.29, 0.717) is 12.5 Å². The number of hydrogen-bond acceptors (Lipinski definition) is 3. The lowest BCUT2D eigenvalue weighted by molar-refractivity contribution is -0.167. The lowest BCUT2D eigenvalue weighted by atomic mass is 9.65. The van der Waals surface area contributed by atoms with E-state index < -0.39 is 18.5 Å². The Bertz CT molecular complexity index is 347. The van der Waals surface area contributed by atoms with Crippen LogP contribution in [-0.2, 0) is 9.59 Å². The monoisotopic (exact) mass is 255 g/mol. The van der Waals surface area contributed by atoms with Crippen molar-refractivity contribution in [3.8, 4) is 0 Å². The number of β-lactam (4-membered cyclic amide) rings is 1. The summed E-state index contributed by atoms with van der Waals surface area (Å²) >= 11 is 0. The van der Waals surface area contributed by atoms with E-state index in [9.17, 15) is 9.59 Å². The number of hydrogen-bond donors (Lipinski definition) is 2. The van der Waals surface area contributed by atoms with Crippen LogP contribution in [0.15, 0.2) is 0 Å². The minimum absolute atomic E-state index is 0.0918. The van der Waals surface area contributed by atoms with E-state index in [1.165, 1.54) is 0 Å². The van der Waals surface area contributed by atoms with E-state index in [4.69, 9.17) is 10.2 Å². The molecule has 18 heavy (non-hydrogen) atoms. The SMILES string of the molecule is CC1CCC2(CC1)CN(CC(CO)C(=O)O)C2=O. The molecular weight excluding hydrogens is 234 g/mol. The maximum absolute atomic E-state index is 12.2. The average molecular weight is 255 g/mol. The predicted molar refractivity (Wildman–Crippen MR) is 64.9 cm³/mol. The molecule has 1 saturated carbocycles. The third kappa shape index (κ3) is 2.23. The number of amides is 1. The summed E-state index contributed by atoms with van der Waals surface area (Å²) in [5.41, 5.74) is -0.203. The van der Waals surface area contributed by atoms with Crippen LogP contribution in [0, 0.1) is 17.3 Å². The van der Waals surface area contributed by atoms with E-state index in [1.807, 2.05) is 0 Å². The number of carbonyl (C=O) groups excluding carboxylic acids is 1. The molecule has 2 N–H and O–H groups in total. The zero-order valence-electron chi connectivity index (χ0n) is 10.8. The zero-order valence-corrected chi connectivity index (χ0v) is 10.8. The summed E-state index contributed by atoms with van der Waals surface area (Å²) in [7, 11) is 0. The summed E-state index contributed by atoms with van der Waals surface area (Å²) in [6.07, 6.45) is 4.03. The van der Waals surface area contributed by atoms with Crippen molar-refractivity contribution in [3.63, 3.8) is 0 Å². The highest BCUT2D eigenvalue weighted by Gasteiger charge is 2.53. The number of carbonyl (C=O) groups is 2. The molecule has 5 nitrogen and oxygen atoms in total. The minimum Gasteiger partial charge on any atom is -0.481 e. The molecule has 0 radical (unpaired) electrons. The van der Waals surface area contributed by atoms with Crippen molar-refractivity contribution in [3.05, 3.63) is 0 Å². The highest BCUT2D eigenvalue weighted by atomic mass is 16.4. The molecule has 102 valence electrons. The van der Waals surface area contributed by atoms with E-state index >= 15 is 0 Å². The van der Waals surface area contributed by atoms with Gasteiger partial charge in [-0.1, -0.05) is 6.92 Å². The standard InChI is InChI=1S/C13H21NO4/c1-9-2-4-13(5-3-9)8-14(12(13)18)6-10(7-15)11(16)17/h9-10,15H,2-8H2,1H3,(H,16,17). The van der Waals surface area contributed by atoms with Crippen LogP contribution >= 0.6 is 0 Å². The molecular formula is C13H21NO4. The lowest BCUT2D eigenvalue weighted by Gasteiger charge is -2.52. The molecule has 1 saturated heterocycles. The fraction of sp³-hybridized carbons (Fsp3) is 0.846. The molecule has 5 heteroatoms. The van der Waals surface area contributed by atoms with Crippen molar-refractivity contribution >= 4 is 11.9 Å². The van der Waals surface area contributed by atoms with Gasteiger partial charge in [-0.3, -0.25) is 9.59 Å². The van der Waals surface area contributed by atoms with Gasteiger partial charge in [0.25, 0.3) is 0 Å². The minimum atomic E-state index is -1.04. The van der Waals surface area contributed by atoms with Crippen molar-refractivity contribution in [2.45, 2.75) is 32.6 Å². The Morgan fingerprint density at radius 2 is 2.11 bits per heavy atom. The molecule has 0 aromatic rings. The van der Waals surface area contributed by atoms with Crippen LogP contribution in [0.5, 0.6) is 0 Å². The van der Waals surface area contributed by atoms with Crippen LogP contribution in [-0.4, -0.2) is 46.7 Å². The summed E-state index contributed by atoms with van der Waals surface area (Å²) in [6, 6.07) is 0. The molecule has 1 aliphatic heterocycles. The van der Waals surface area contributed by atoms with Gasteiger partial charge in [-0.15, -0.1) is 0 Å².